The summed E-state index contributed by atoms with van der Waals surface area (Å²) < 4.78 is 6.25. The van der Waals surface area contributed by atoms with Crippen molar-refractivity contribution in [3.63, 3.8) is 0 Å². The summed E-state index contributed by atoms with van der Waals surface area (Å²) in [6.45, 7) is 2.13. The van der Waals surface area contributed by atoms with E-state index in [9.17, 15) is 0 Å². The van der Waals surface area contributed by atoms with Crippen LogP contribution in [0, 0.1) is 29.1 Å². The first-order valence-electron chi connectivity index (χ1n) is 8.21. The minimum atomic E-state index is 0.326. The maximum Gasteiger partial charge on any atom is 0.110 e. The number of nitrogens with zero attached hydrogens (tertiary/aromatic N) is 1. The molecule has 0 atom stereocenters. The van der Waals surface area contributed by atoms with E-state index in [0.717, 1.165) is 35.5 Å². The minimum absolute atomic E-state index is 0.326. The van der Waals surface area contributed by atoms with Crippen LogP contribution in [0.4, 0.5) is 0 Å². The highest BCUT2D eigenvalue weighted by Gasteiger charge is 2.53. The van der Waals surface area contributed by atoms with Crippen molar-refractivity contribution in [2.75, 3.05) is 0 Å². The molecule has 1 aromatic heterocycles. The van der Waals surface area contributed by atoms with Gasteiger partial charge in [0, 0.05) is 17.4 Å². The molecule has 0 radical (unpaired) electrons. The quantitative estimate of drug-likeness (QED) is 0.816. The smallest absolute Gasteiger partial charge is 0.110 e. The fraction of sp³-hybridized carbons (Fsp3) is 0.722. The lowest BCUT2D eigenvalue weighted by molar-refractivity contribution is -0.0155. The zero-order chi connectivity index (χ0) is 13.7. The van der Waals surface area contributed by atoms with Gasteiger partial charge in [0.05, 0.1) is 12.5 Å². The Balaban J connectivity index is 1.72. The van der Waals surface area contributed by atoms with Gasteiger partial charge in [-0.3, -0.25) is 0 Å². The van der Waals surface area contributed by atoms with Crippen molar-refractivity contribution in [1.29, 1.82) is 5.26 Å². The highest BCUT2D eigenvalue weighted by atomic mass is 16.3. The first-order valence-corrected chi connectivity index (χ1v) is 8.21. The van der Waals surface area contributed by atoms with Gasteiger partial charge in [0.2, 0.25) is 0 Å². The lowest BCUT2D eigenvalue weighted by Gasteiger charge is -2.55. The summed E-state index contributed by atoms with van der Waals surface area (Å²) in [5.41, 5.74) is 1.47. The highest BCUT2D eigenvalue weighted by molar-refractivity contribution is 5.31. The summed E-state index contributed by atoms with van der Waals surface area (Å²) >= 11 is 0. The van der Waals surface area contributed by atoms with Crippen LogP contribution in [0.25, 0.3) is 0 Å². The van der Waals surface area contributed by atoms with Crippen molar-refractivity contribution >= 4 is 0 Å². The molecule has 0 aromatic carbocycles. The van der Waals surface area contributed by atoms with Crippen LogP contribution in [-0.4, -0.2) is 0 Å². The second-order valence-corrected chi connectivity index (χ2v) is 7.45. The van der Waals surface area contributed by atoms with Gasteiger partial charge in [-0.15, -0.1) is 0 Å². The monoisotopic (exact) mass is 269 g/mol. The Kier molecular flexibility index (Phi) is 2.74. The first-order chi connectivity index (χ1) is 9.72. The van der Waals surface area contributed by atoms with Crippen LogP contribution in [0.2, 0.25) is 0 Å². The van der Waals surface area contributed by atoms with Gasteiger partial charge in [-0.1, -0.05) is 6.92 Å². The van der Waals surface area contributed by atoms with Gasteiger partial charge in [-0.05, 0) is 62.3 Å². The van der Waals surface area contributed by atoms with Crippen LogP contribution >= 0.6 is 0 Å². The molecule has 0 amide bonds. The van der Waals surface area contributed by atoms with Crippen molar-refractivity contribution < 1.29 is 4.42 Å². The van der Waals surface area contributed by atoms with Gasteiger partial charge in [0.1, 0.15) is 11.5 Å². The Morgan fingerprint density at radius 3 is 2.30 bits per heavy atom. The predicted molar refractivity (Wildman–Crippen MR) is 77.3 cm³/mol. The Morgan fingerprint density at radius 1 is 1.20 bits per heavy atom. The van der Waals surface area contributed by atoms with Crippen molar-refractivity contribution in [2.45, 2.75) is 63.7 Å². The summed E-state index contributed by atoms with van der Waals surface area (Å²) in [6.07, 6.45) is 9.80. The van der Waals surface area contributed by atoms with Crippen LogP contribution in [-0.2, 0) is 18.3 Å². The number of aryl methyl sites for hydroxylation is 1. The fourth-order valence-corrected chi connectivity index (χ4v) is 5.67. The van der Waals surface area contributed by atoms with Crippen molar-refractivity contribution in [2.24, 2.45) is 17.8 Å². The van der Waals surface area contributed by atoms with Crippen LogP contribution in [0.5, 0.6) is 0 Å². The number of furan rings is 1. The molecule has 0 unspecified atom stereocenters. The van der Waals surface area contributed by atoms with Crippen molar-refractivity contribution in [3.05, 3.63) is 23.2 Å². The zero-order valence-corrected chi connectivity index (χ0v) is 12.3. The Hall–Kier alpha value is -1.23. The Morgan fingerprint density at radius 2 is 1.80 bits per heavy atom. The summed E-state index contributed by atoms with van der Waals surface area (Å²) in [4.78, 5) is 0. The highest BCUT2D eigenvalue weighted by Crippen LogP contribution is 2.61. The van der Waals surface area contributed by atoms with Gasteiger partial charge < -0.3 is 4.42 Å². The van der Waals surface area contributed by atoms with Gasteiger partial charge in [-0.25, -0.2) is 0 Å². The van der Waals surface area contributed by atoms with Crippen LogP contribution in [0.1, 0.15) is 62.5 Å². The topological polar surface area (TPSA) is 36.9 Å². The molecule has 2 heteroatoms. The molecule has 0 saturated heterocycles. The predicted octanol–water partition coefficient (Wildman–Crippen LogP) is 4.38. The molecule has 1 heterocycles. The van der Waals surface area contributed by atoms with Crippen molar-refractivity contribution in [3.8, 4) is 6.07 Å². The molecule has 106 valence electrons. The van der Waals surface area contributed by atoms with Gasteiger partial charge in [-0.2, -0.15) is 5.26 Å². The Bertz CT molecular complexity index is 527. The first kappa shape index (κ1) is 12.5. The zero-order valence-electron chi connectivity index (χ0n) is 12.3. The van der Waals surface area contributed by atoms with E-state index < -0.39 is 0 Å². The summed E-state index contributed by atoms with van der Waals surface area (Å²) in [5.74, 6) is 5.10. The molecule has 4 saturated carbocycles. The summed E-state index contributed by atoms with van der Waals surface area (Å²) in [7, 11) is 0. The molecule has 4 fully saturated rings. The fourth-order valence-electron chi connectivity index (χ4n) is 5.67. The third-order valence-corrected chi connectivity index (χ3v) is 6.05. The standard InChI is InChI=1S/C18H23NO/c1-2-16-15(3-4-19)8-17(20-16)18-9-12-5-13(10-18)7-14(6-12)11-18/h8,12-14H,2-3,5-7,9-11H2,1H3. The van der Waals surface area contributed by atoms with E-state index >= 15 is 0 Å². The summed E-state index contributed by atoms with van der Waals surface area (Å²) in [6, 6.07) is 4.52. The molecule has 5 rings (SSSR count). The van der Waals surface area contributed by atoms with Crippen LogP contribution < -0.4 is 0 Å². The third kappa shape index (κ3) is 1.75. The van der Waals surface area contributed by atoms with E-state index in [2.05, 4.69) is 19.1 Å². The average molecular weight is 269 g/mol. The number of hydrogen-bond donors (Lipinski definition) is 0. The van der Waals surface area contributed by atoms with Crippen LogP contribution in [0.3, 0.4) is 0 Å². The molecule has 0 aliphatic heterocycles. The molecular formula is C18H23NO. The van der Waals surface area contributed by atoms with E-state index in [1.807, 2.05) is 0 Å². The number of hydrogen-bond acceptors (Lipinski definition) is 2. The van der Waals surface area contributed by atoms with E-state index in [1.54, 1.807) is 0 Å². The number of nitriles is 1. The average Bonchev–Trinajstić information content (AvgIpc) is 2.81. The van der Waals surface area contributed by atoms with E-state index in [4.69, 9.17) is 9.68 Å². The normalized spacial score (nSPS) is 38.1. The third-order valence-electron chi connectivity index (χ3n) is 6.05. The van der Waals surface area contributed by atoms with Gasteiger partial charge >= 0.3 is 0 Å². The molecule has 0 N–H and O–H groups in total. The SMILES string of the molecule is CCc1oc(C23CC4CC(CC(C4)C2)C3)cc1CC#N. The van der Waals surface area contributed by atoms with E-state index in [0.29, 0.717) is 11.8 Å². The second kappa shape index (κ2) is 4.38. The minimum Gasteiger partial charge on any atom is -0.465 e. The maximum absolute atomic E-state index is 8.99. The van der Waals surface area contributed by atoms with E-state index in [1.165, 1.54) is 44.3 Å². The van der Waals surface area contributed by atoms with Gasteiger partial charge in [0.25, 0.3) is 0 Å². The molecule has 2 nitrogen and oxygen atoms in total. The van der Waals surface area contributed by atoms with E-state index in [-0.39, 0.29) is 0 Å². The molecule has 4 aliphatic rings. The lowest BCUT2D eigenvalue weighted by atomic mass is 9.49. The van der Waals surface area contributed by atoms with Gasteiger partial charge in [0.15, 0.2) is 0 Å². The van der Waals surface area contributed by atoms with Crippen LogP contribution in [0.15, 0.2) is 10.5 Å². The molecule has 1 aromatic rings. The second-order valence-electron chi connectivity index (χ2n) is 7.45. The summed E-state index contributed by atoms with van der Waals surface area (Å²) in [5, 5.41) is 8.99. The molecule has 4 aliphatic carbocycles. The lowest BCUT2D eigenvalue weighted by Crippen LogP contribution is -2.48. The number of rotatable bonds is 3. The Labute approximate surface area is 121 Å². The molecule has 20 heavy (non-hydrogen) atoms. The molecular weight excluding hydrogens is 246 g/mol. The maximum atomic E-state index is 8.99. The van der Waals surface area contributed by atoms with Crippen molar-refractivity contribution in [1.82, 2.24) is 0 Å². The molecule has 0 spiro atoms. The molecule has 4 bridgehead atoms. The largest absolute Gasteiger partial charge is 0.465 e.